The number of nitrogens with two attached hydrogens (primary N) is 2. The van der Waals surface area contributed by atoms with Crippen LogP contribution in [-0.2, 0) is 32.1 Å². The summed E-state index contributed by atoms with van der Waals surface area (Å²) >= 11 is 6.53. The third-order valence-electron chi connectivity index (χ3n) is 12.4. The van der Waals surface area contributed by atoms with Crippen molar-refractivity contribution in [2.75, 3.05) is 75.6 Å². The van der Waals surface area contributed by atoms with Gasteiger partial charge in [0.2, 0.25) is 11.8 Å². The average Bonchev–Trinajstić information content (AvgIpc) is 3.95. The number of halogens is 1. The second-order valence-electron chi connectivity index (χ2n) is 17.7. The molecule has 20 heteroatoms. The molecule has 0 spiro atoms. The number of urea groups is 1. The minimum Gasteiger partial charge on any atom is -0.492 e. The van der Waals surface area contributed by atoms with Gasteiger partial charge in [-0.15, -0.1) is 11.6 Å². The molecule has 3 aliphatic heterocycles. The van der Waals surface area contributed by atoms with Crippen LogP contribution in [0, 0.1) is 5.92 Å². The highest BCUT2D eigenvalue weighted by Gasteiger charge is 2.40. The summed E-state index contributed by atoms with van der Waals surface area (Å²) in [5.41, 5.74) is 14.6. The van der Waals surface area contributed by atoms with E-state index in [0.717, 1.165) is 35.0 Å². The first-order valence-electron chi connectivity index (χ1n) is 23.1. The number of piperazine rings is 1. The van der Waals surface area contributed by atoms with E-state index in [1.807, 2.05) is 37.4 Å². The Bertz CT molecular complexity index is 2520. The van der Waals surface area contributed by atoms with E-state index in [9.17, 15) is 28.8 Å². The number of alkyl halides is 1. The molecule has 3 heterocycles. The van der Waals surface area contributed by atoms with Gasteiger partial charge in [-0.25, -0.2) is 14.4 Å². The number of benzene rings is 4. The van der Waals surface area contributed by atoms with E-state index < -0.39 is 48.2 Å². The Labute approximate surface area is 405 Å². The number of rotatable bonds is 18. The predicted octanol–water partition coefficient (Wildman–Crippen LogP) is 4.42. The fourth-order valence-corrected chi connectivity index (χ4v) is 8.65. The molecule has 0 aliphatic carbocycles. The van der Waals surface area contributed by atoms with E-state index >= 15 is 0 Å². The van der Waals surface area contributed by atoms with Crippen molar-refractivity contribution in [1.82, 2.24) is 25.8 Å². The minimum absolute atomic E-state index is 0.0398. The number of carbonyl (C=O) groups excluding carboxylic acids is 6. The Kier molecular flexibility index (Phi) is 16.7. The molecule has 4 atom stereocenters. The van der Waals surface area contributed by atoms with E-state index in [4.69, 9.17) is 42.0 Å². The Morgan fingerprint density at radius 2 is 1.64 bits per heavy atom. The van der Waals surface area contributed by atoms with Crippen LogP contribution >= 0.6 is 11.6 Å². The zero-order valence-corrected chi connectivity index (χ0v) is 39.7. The summed E-state index contributed by atoms with van der Waals surface area (Å²) in [6.45, 7) is 7.06. The lowest BCUT2D eigenvalue weighted by Gasteiger charge is -2.31. The Balaban J connectivity index is 0.873. The van der Waals surface area contributed by atoms with Gasteiger partial charge in [-0.2, -0.15) is 0 Å². The van der Waals surface area contributed by atoms with Crippen molar-refractivity contribution in [3.63, 3.8) is 0 Å². The zero-order valence-electron chi connectivity index (χ0n) is 39.0. The van der Waals surface area contributed by atoms with Crippen LogP contribution in [0.15, 0.2) is 72.8 Å². The molecule has 7 rings (SSSR count). The number of nitrogens with zero attached hydrogens (tertiary/aromatic N) is 3. The largest absolute Gasteiger partial charge is 0.492 e. The van der Waals surface area contributed by atoms with Crippen molar-refractivity contribution in [3.05, 3.63) is 89.5 Å². The molecule has 69 heavy (non-hydrogen) atoms. The number of anilines is 2. The summed E-state index contributed by atoms with van der Waals surface area (Å²) in [5, 5.41) is 12.3. The van der Waals surface area contributed by atoms with Gasteiger partial charge >= 0.3 is 18.2 Å². The van der Waals surface area contributed by atoms with Gasteiger partial charge < -0.3 is 66.4 Å². The average molecular weight is 971 g/mol. The number of nitrogens with one attached hydrogen (secondary N) is 4. The molecular weight excluding hydrogens is 910 g/mol. The number of hydrogen-bond acceptors (Lipinski definition) is 12. The van der Waals surface area contributed by atoms with Gasteiger partial charge in [-0.3, -0.25) is 14.4 Å². The lowest BCUT2D eigenvalue weighted by atomic mass is 9.95. The molecule has 0 aromatic heterocycles. The molecule has 0 saturated carbocycles. The van der Waals surface area contributed by atoms with Crippen molar-refractivity contribution in [1.29, 1.82) is 0 Å². The Hall–Kier alpha value is -6.83. The van der Waals surface area contributed by atoms with Gasteiger partial charge in [0.05, 0.1) is 18.3 Å². The number of fused-ring (bicyclic) bond motifs is 4. The monoisotopic (exact) mass is 969 g/mol. The number of hydrogen-bond donors (Lipinski definition) is 6. The third kappa shape index (κ3) is 12.6. The molecule has 19 nitrogen and oxygen atoms in total. The summed E-state index contributed by atoms with van der Waals surface area (Å²) in [5.74, 6) is 0.327. The second kappa shape index (κ2) is 23.0. The van der Waals surface area contributed by atoms with E-state index in [0.29, 0.717) is 72.5 Å². The van der Waals surface area contributed by atoms with Crippen LogP contribution in [0.5, 0.6) is 17.2 Å². The first-order valence-corrected chi connectivity index (χ1v) is 23.6. The quantitative estimate of drug-likeness (QED) is 0.0600. The summed E-state index contributed by atoms with van der Waals surface area (Å²) in [6, 6.07) is 19.0. The van der Waals surface area contributed by atoms with Crippen molar-refractivity contribution < 1.29 is 47.7 Å². The maximum absolute atomic E-state index is 14.3. The van der Waals surface area contributed by atoms with E-state index in [2.05, 4.69) is 26.2 Å². The number of carbonyl (C=O) groups is 6. The summed E-state index contributed by atoms with van der Waals surface area (Å²) < 4.78 is 23.5. The molecule has 368 valence electrons. The summed E-state index contributed by atoms with van der Waals surface area (Å²) in [7, 11) is 2.02. The number of alkyl carbamates (subject to hydrolysis) is 1. The smallest absolute Gasteiger partial charge is 0.415 e. The number of primary amides is 1. The molecule has 1 saturated heterocycles. The van der Waals surface area contributed by atoms with E-state index in [1.165, 1.54) is 0 Å². The van der Waals surface area contributed by atoms with Gasteiger partial charge in [-0.1, -0.05) is 50.2 Å². The zero-order chi connectivity index (χ0) is 49.2. The van der Waals surface area contributed by atoms with Crippen molar-refractivity contribution in [2.24, 2.45) is 17.4 Å². The molecule has 1 fully saturated rings. The molecule has 4 aromatic rings. The molecule has 8 N–H and O–H groups in total. The van der Waals surface area contributed by atoms with Crippen molar-refractivity contribution >= 4 is 69.7 Å². The van der Waals surface area contributed by atoms with Crippen LogP contribution in [0.1, 0.15) is 49.3 Å². The Morgan fingerprint density at radius 3 is 2.35 bits per heavy atom. The topological polar surface area (TPSA) is 249 Å². The number of ether oxygens (including phenoxy) is 4. The summed E-state index contributed by atoms with van der Waals surface area (Å²) in [6.07, 6.45) is -0.973. The molecular formula is C49H60ClN9O10. The highest BCUT2D eigenvalue weighted by Crippen LogP contribution is 2.46. The molecule has 0 bridgehead atoms. The fourth-order valence-electron chi connectivity index (χ4n) is 8.40. The van der Waals surface area contributed by atoms with Crippen LogP contribution in [0.25, 0.3) is 10.8 Å². The summed E-state index contributed by atoms with van der Waals surface area (Å²) in [4.78, 5) is 82.6. The lowest BCUT2D eigenvalue weighted by molar-refractivity contribution is -0.128. The van der Waals surface area contributed by atoms with Gasteiger partial charge in [-0.05, 0) is 72.7 Å². The van der Waals surface area contributed by atoms with E-state index in [1.54, 1.807) is 66.1 Å². The highest BCUT2D eigenvalue weighted by molar-refractivity contribution is 6.19. The predicted molar refractivity (Wildman–Crippen MR) is 260 cm³/mol. The fraction of sp³-hybridized carbons (Fsp3) is 0.429. The van der Waals surface area contributed by atoms with Crippen LogP contribution in [0.3, 0.4) is 0 Å². The van der Waals surface area contributed by atoms with Crippen molar-refractivity contribution in [3.8, 4) is 17.2 Å². The molecule has 4 aromatic carbocycles. The van der Waals surface area contributed by atoms with Crippen LogP contribution in [0.4, 0.5) is 25.8 Å². The maximum Gasteiger partial charge on any atom is 0.415 e. The van der Waals surface area contributed by atoms with E-state index in [-0.39, 0.29) is 50.5 Å². The highest BCUT2D eigenvalue weighted by atomic mass is 35.5. The van der Waals surface area contributed by atoms with Gasteiger partial charge in [0, 0.05) is 80.2 Å². The number of likely N-dealkylation sites (N-methyl/N-ethyl adjacent to an activating group) is 1. The SMILES string of the molecule is CC(C)[C@H](N)C(=O)N[C@@H](CCCNC(N)=O)C(=O)Nc1ccc(COC(=O)NCCOc2ccc3c(c2)CC(C(=O)N2C[C@@H](CCl)c4c2cc(OC(=O)N2CCN(C)CC2)c2ccccc42)O3)cc1. The molecule has 3 aliphatic rings. The lowest BCUT2D eigenvalue weighted by Crippen LogP contribution is -2.51. The van der Waals surface area contributed by atoms with Crippen LogP contribution in [-0.4, -0.2) is 129 Å². The minimum atomic E-state index is -0.914. The standard InChI is InChI=1S/C49H60ClN9O10/c1-29(2)43(51)45(61)56-37(9-6-16-53-47(52)63)44(60)55-33-12-10-30(11-13-33)28-67-48(64)54-17-22-66-34-14-15-39-31(23-34)24-41(68-39)46(62)59-27-32(26-50)42-36-8-5-4-7-35(36)40(25-38(42)59)69-49(65)58-20-18-57(3)19-21-58/h4-5,7-8,10-15,23,25,29,32,37,41,43H,6,9,16-22,24,26-28,51H2,1-3H3,(H,54,64)(H,55,60)(H,56,61)(H3,52,53,63)/t32-,37+,41?,43+/m1/s1. The first kappa shape index (κ1) is 50.1. The van der Waals surface area contributed by atoms with Crippen molar-refractivity contribution in [2.45, 2.75) is 63.8 Å². The normalized spacial score (nSPS) is 17.2. The van der Waals surface area contributed by atoms with Crippen LogP contribution in [0.2, 0.25) is 0 Å². The molecule has 0 radical (unpaired) electrons. The third-order valence-corrected chi connectivity index (χ3v) is 12.7. The van der Waals surface area contributed by atoms with Crippen LogP contribution < -0.4 is 51.8 Å². The number of amides is 7. The van der Waals surface area contributed by atoms with Gasteiger partial charge in [0.25, 0.3) is 5.91 Å². The second-order valence-corrected chi connectivity index (χ2v) is 18.0. The maximum atomic E-state index is 14.3. The first-order chi connectivity index (χ1) is 33.2. The molecule has 1 unspecified atom stereocenters. The Morgan fingerprint density at radius 1 is 0.899 bits per heavy atom. The van der Waals surface area contributed by atoms with Gasteiger partial charge in [0.15, 0.2) is 6.10 Å². The molecule has 7 amide bonds. The van der Waals surface area contributed by atoms with Gasteiger partial charge in [0.1, 0.15) is 36.5 Å².